The van der Waals surface area contributed by atoms with Crippen molar-refractivity contribution in [1.82, 2.24) is 5.32 Å². The smallest absolute Gasteiger partial charge is 0.0713 e. The number of nitrogens with one attached hydrogen (secondary N) is 1. The average molecular weight is 299 g/mol. The van der Waals surface area contributed by atoms with Gasteiger partial charge in [-0.15, -0.1) is 0 Å². The second-order valence-electron chi connectivity index (χ2n) is 6.98. The molecule has 0 radical (unpaired) electrons. The van der Waals surface area contributed by atoms with Crippen molar-refractivity contribution in [1.29, 1.82) is 0 Å². The van der Waals surface area contributed by atoms with Crippen molar-refractivity contribution in [2.75, 3.05) is 24.7 Å². The van der Waals surface area contributed by atoms with Gasteiger partial charge in [-0.3, -0.25) is 0 Å². The van der Waals surface area contributed by atoms with Crippen LogP contribution in [0.4, 0.5) is 0 Å². The molecule has 3 nitrogen and oxygen atoms in total. The number of aliphatic hydroxyl groups excluding tert-OH is 1. The number of aliphatic hydroxyl groups is 1. The lowest BCUT2D eigenvalue weighted by molar-refractivity contribution is -0.0983. The Hall–Kier alpha value is 0.230. The molecule has 2 heterocycles. The van der Waals surface area contributed by atoms with Gasteiger partial charge in [-0.1, -0.05) is 19.3 Å². The first-order valence-electron chi connectivity index (χ1n) is 8.36. The van der Waals surface area contributed by atoms with E-state index in [9.17, 15) is 5.11 Å². The molecule has 1 saturated carbocycles. The molecule has 3 fully saturated rings. The molecule has 2 saturated heterocycles. The van der Waals surface area contributed by atoms with Crippen LogP contribution in [-0.4, -0.2) is 47.0 Å². The number of thioether (sulfide) groups is 1. The zero-order chi connectivity index (χ0) is 13.9. The van der Waals surface area contributed by atoms with Gasteiger partial charge < -0.3 is 15.2 Å². The fourth-order valence-corrected chi connectivity index (χ4v) is 5.49. The van der Waals surface area contributed by atoms with E-state index in [4.69, 9.17) is 4.74 Å². The molecule has 4 heteroatoms. The summed E-state index contributed by atoms with van der Waals surface area (Å²) in [6.45, 7) is 1.19. The Morgan fingerprint density at radius 1 is 1.10 bits per heavy atom. The van der Waals surface area contributed by atoms with E-state index in [1.807, 2.05) is 0 Å². The minimum Gasteiger partial charge on any atom is -0.394 e. The number of ether oxygens (including phenoxy) is 1. The quantitative estimate of drug-likeness (QED) is 0.841. The summed E-state index contributed by atoms with van der Waals surface area (Å²) < 4.78 is 6.18. The van der Waals surface area contributed by atoms with Crippen LogP contribution in [0.1, 0.15) is 57.8 Å². The molecule has 2 N–H and O–H groups in total. The van der Waals surface area contributed by atoms with Crippen LogP contribution in [0.2, 0.25) is 0 Å². The average Bonchev–Trinajstić information content (AvgIpc) is 2.49. The molecule has 3 aliphatic rings. The predicted octanol–water partition coefficient (Wildman–Crippen LogP) is 2.72. The normalized spacial score (nSPS) is 33.1. The van der Waals surface area contributed by atoms with Crippen molar-refractivity contribution in [2.45, 2.75) is 75.0 Å². The first-order valence-corrected chi connectivity index (χ1v) is 9.52. The molecule has 0 bridgehead atoms. The summed E-state index contributed by atoms with van der Waals surface area (Å²) >= 11 is 2.06. The highest BCUT2D eigenvalue weighted by atomic mass is 32.2. The van der Waals surface area contributed by atoms with Crippen LogP contribution in [0, 0.1) is 0 Å². The molecule has 1 atom stereocenters. The van der Waals surface area contributed by atoms with Gasteiger partial charge in [0.15, 0.2) is 0 Å². The number of rotatable bonds is 3. The van der Waals surface area contributed by atoms with Gasteiger partial charge in [0.2, 0.25) is 0 Å². The van der Waals surface area contributed by atoms with Crippen molar-refractivity contribution in [3.8, 4) is 0 Å². The summed E-state index contributed by atoms with van der Waals surface area (Å²) in [5.74, 6) is 2.50. The minimum absolute atomic E-state index is 0.00482. The maximum Gasteiger partial charge on any atom is 0.0713 e. The molecule has 3 rings (SSSR count). The Morgan fingerprint density at radius 3 is 2.55 bits per heavy atom. The van der Waals surface area contributed by atoms with Gasteiger partial charge in [0.1, 0.15) is 0 Å². The summed E-state index contributed by atoms with van der Waals surface area (Å²) in [4.78, 5) is 0. The van der Waals surface area contributed by atoms with Crippen molar-refractivity contribution < 1.29 is 9.84 Å². The molecule has 1 spiro atoms. The van der Waals surface area contributed by atoms with Gasteiger partial charge in [0.05, 0.1) is 12.2 Å². The van der Waals surface area contributed by atoms with E-state index in [-0.39, 0.29) is 11.1 Å². The van der Waals surface area contributed by atoms with Gasteiger partial charge in [0, 0.05) is 18.2 Å². The fraction of sp³-hybridized carbons (Fsp3) is 1.00. The van der Waals surface area contributed by atoms with Gasteiger partial charge in [-0.05, 0) is 50.0 Å². The van der Waals surface area contributed by atoms with Crippen LogP contribution in [0.3, 0.4) is 0 Å². The highest BCUT2D eigenvalue weighted by Crippen LogP contribution is 2.39. The summed E-state index contributed by atoms with van der Waals surface area (Å²) in [5.41, 5.74) is 0.150. The van der Waals surface area contributed by atoms with E-state index in [0.717, 1.165) is 32.3 Å². The molecule has 0 amide bonds. The molecule has 0 aromatic rings. The zero-order valence-electron chi connectivity index (χ0n) is 12.5. The van der Waals surface area contributed by atoms with E-state index in [1.54, 1.807) is 0 Å². The standard InChI is InChI=1S/C16H29NO2S/c18-13-15(5-2-1-3-6-15)17-14-4-9-19-16(12-14)7-10-20-11-8-16/h14,17-18H,1-13H2. The molecule has 1 unspecified atom stereocenters. The molecule has 0 aromatic carbocycles. The van der Waals surface area contributed by atoms with Crippen molar-refractivity contribution >= 4 is 11.8 Å². The monoisotopic (exact) mass is 299 g/mol. The lowest BCUT2D eigenvalue weighted by Crippen LogP contribution is -2.58. The van der Waals surface area contributed by atoms with Crippen LogP contribution in [-0.2, 0) is 4.74 Å². The second-order valence-corrected chi connectivity index (χ2v) is 8.20. The first kappa shape index (κ1) is 15.1. The van der Waals surface area contributed by atoms with Crippen LogP contribution in [0.5, 0.6) is 0 Å². The van der Waals surface area contributed by atoms with Gasteiger partial charge in [-0.25, -0.2) is 0 Å². The lowest BCUT2D eigenvalue weighted by atomic mass is 9.79. The SMILES string of the molecule is OCC1(NC2CCOC3(CCSCC3)C2)CCCCC1. The number of hydrogen-bond donors (Lipinski definition) is 2. The third-order valence-electron chi connectivity index (χ3n) is 5.52. The molecule has 2 aliphatic heterocycles. The van der Waals surface area contributed by atoms with E-state index >= 15 is 0 Å². The van der Waals surface area contributed by atoms with Crippen molar-refractivity contribution in [3.63, 3.8) is 0 Å². The fourth-order valence-electron chi connectivity index (χ4n) is 4.25. The Bertz CT molecular complexity index is 306. The van der Waals surface area contributed by atoms with E-state index in [1.165, 1.54) is 43.6 Å². The third-order valence-corrected chi connectivity index (χ3v) is 6.51. The van der Waals surface area contributed by atoms with Gasteiger partial charge >= 0.3 is 0 Å². The van der Waals surface area contributed by atoms with E-state index in [0.29, 0.717) is 12.6 Å². The van der Waals surface area contributed by atoms with E-state index < -0.39 is 0 Å². The van der Waals surface area contributed by atoms with Gasteiger partial charge in [0.25, 0.3) is 0 Å². The van der Waals surface area contributed by atoms with Crippen LogP contribution >= 0.6 is 11.8 Å². The van der Waals surface area contributed by atoms with E-state index in [2.05, 4.69) is 17.1 Å². The Labute approximate surface area is 127 Å². The molecule has 116 valence electrons. The summed E-state index contributed by atoms with van der Waals surface area (Å²) in [6, 6.07) is 0.539. The van der Waals surface area contributed by atoms with Crippen molar-refractivity contribution in [3.05, 3.63) is 0 Å². The topological polar surface area (TPSA) is 41.5 Å². The minimum atomic E-state index is 0.00482. The highest BCUT2D eigenvalue weighted by molar-refractivity contribution is 7.99. The maximum absolute atomic E-state index is 9.88. The Morgan fingerprint density at radius 2 is 1.85 bits per heavy atom. The lowest BCUT2D eigenvalue weighted by Gasteiger charge is -2.47. The van der Waals surface area contributed by atoms with Crippen LogP contribution in [0.15, 0.2) is 0 Å². The van der Waals surface area contributed by atoms with Gasteiger partial charge in [-0.2, -0.15) is 11.8 Å². The van der Waals surface area contributed by atoms with Crippen LogP contribution in [0.25, 0.3) is 0 Å². The predicted molar refractivity (Wildman–Crippen MR) is 84.3 cm³/mol. The number of hydrogen-bond acceptors (Lipinski definition) is 4. The Balaban J connectivity index is 1.61. The highest BCUT2D eigenvalue weighted by Gasteiger charge is 2.41. The third kappa shape index (κ3) is 3.34. The molecule has 20 heavy (non-hydrogen) atoms. The molecular formula is C16H29NO2S. The molecular weight excluding hydrogens is 270 g/mol. The summed E-state index contributed by atoms with van der Waals surface area (Å²) in [6.07, 6.45) is 10.8. The second kappa shape index (κ2) is 6.55. The molecule has 0 aromatic heterocycles. The Kier molecular flexibility index (Phi) is 4.96. The summed E-state index contributed by atoms with van der Waals surface area (Å²) in [7, 11) is 0. The maximum atomic E-state index is 9.88. The summed E-state index contributed by atoms with van der Waals surface area (Å²) in [5, 5.41) is 13.7. The first-order chi connectivity index (χ1) is 9.76. The van der Waals surface area contributed by atoms with Crippen molar-refractivity contribution in [2.24, 2.45) is 0 Å². The van der Waals surface area contributed by atoms with Crippen LogP contribution < -0.4 is 5.32 Å². The molecule has 1 aliphatic carbocycles. The largest absolute Gasteiger partial charge is 0.394 e. The zero-order valence-corrected chi connectivity index (χ0v) is 13.3.